The SMILES string of the molecule is CC.CC1(C)OB(c2ccc3c(c2)CCCO3)OC1(C)C.CCC. The maximum Gasteiger partial charge on any atom is 0.494 e. The van der Waals surface area contributed by atoms with Crippen molar-refractivity contribution in [2.24, 2.45) is 0 Å². The first-order chi connectivity index (χ1) is 11.3. The minimum atomic E-state index is -0.288. The predicted molar refractivity (Wildman–Crippen MR) is 103 cm³/mol. The lowest BCUT2D eigenvalue weighted by molar-refractivity contribution is 0.00578. The summed E-state index contributed by atoms with van der Waals surface area (Å²) in [7, 11) is -0.280. The van der Waals surface area contributed by atoms with Gasteiger partial charge in [-0.1, -0.05) is 46.2 Å². The van der Waals surface area contributed by atoms with Crippen LogP contribution in [0.4, 0.5) is 0 Å². The van der Waals surface area contributed by atoms with Crippen LogP contribution in [-0.2, 0) is 15.7 Å². The van der Waals surface area contributed by atoms with Crippen LogP contribution >= 0.6 is 0 Å². The Morgan fingerprint density at radius 3 is 2.08 bits per heavy atom. The molecule has 1 saturated heterocycles. The summed E-state index contributed by atoms with van der Waals surface area (Å²) in [6.07, 6.45) is 3.41. The smallest absolute Gasteiger partial charge is 0.493 e. The minimum absolute atomic E-state index is 0.280. The number of ether oxygens (including phenoxy) is 1. The third-order valence-electron chi connectivity index (χ3n) is 4.46. The summed E-state index contributed by atoms with van der Waals surface area (Å²) < 4.78 is 17.8. The van der Waals surface area contributed by atoms with Crippen molar-refractivity contribution in [2.45, 2.75) is 85.9 Å². The molecule has 0 spiro atoms. The molecule has 0 saturated carbocycles. The number of hydrogen-bond acceptors (Lipinski definition) is 3. The van der Waals surface area contributed by atoms with E-state index in [1.165, 1.54) is 12.0 Å². The molecule has 1 aromatic rings. The van der Waals surface area contributed by atoms with Crippen molar-refractivity contribution in [2.75, 3.05) is 6.61 Å². The van der Waals surface area contributed by atoms with Crippen molar-refractivity contribution in [3.05, 3.63) is 23.8 Å². The molecular formula is C20H35BO3. The van der Waals surface area contributed by atoms with E-state index in [0.717, 1.165) is 30.7 Å². The van der Waals surface area contributed by atoms with Gasteiger partial charge in [-0.25, -0.2) is 0 Å². The van der Waals surface area contributed by atoms with Crippen LogP contribution in [0, 0.1) is 0 Å². The molecule has 0 atom stereocenters. The van der Waals surface area contributed by atoms with E-state index in [9.17, 15) is 0 Å². The Morgan fingerprint density at radius 1 is 1.00 bits per heavy atom. The Labute approximate surface area is 149 Å². The van der Waals surface area contributed by atoms with Gasteiger partial charge in [0, 0.05) is 0 Å². The van der Waals surface area contributed by atoms with E-state index in [1.54, 1.807) is 0 Å². The summed E-state index contributed by atoms with van der Waals surface area (Å²) in [6.45, 7) is 17.4. The van der Waals surface area contributed by atoms with Crippen molar-refractivity contribution in [1.29, 1.82) is 0 Å². The largest absolute Gasteiger partial charge is 0.494 e. The average molecular weight is 334 g/mol. The molecule has 3 rings (SSSR count). The van der Waals surface area contributed by atoms with Gasteiger partial charge in [0.05, 0.1) is 17.8 Å². The van der Waals surface area contributed by atoms with Crippen LogP contribution < -0.4 is 10.2 Å². The quantitative estimate of drug-likeness (QED) is 0.694. The van der Waals surface area contributed by atoms with E-state index in [2.05, 4.69) is 47.6 Å². The molecule has 2 aliphatic rings. The highest BCUT2D eigenvalue weighted by Gasteiger charge is 2.51. The monoisotopic (exact) mass is 334 g/mol. The van der Waals surface area contributed by atoms with Gasteiger partial charge in [-0.15, -0.1) is 0 Å². The number of fused-ring (bicyclic) bond motifs is 1. The molecule has 0 N–H and O–H groups in total. The summed E-state index contributed by atoms with van der Waals surface area (Å²) in [5.74, 6) is 1.01. The zero-order valence-corrected chi connectivity index (χ0v) is 16.9. The highest BCUT2D eigenvalue weighted by molar-refractivity contribution is 6.62. The van der Waals surface area contributed by atoms with Crippen molar-refractivity contribution >= 4 is 12.6 Å². The van der Waals surface area contributed by atoms with Gasteiger partial charge in [0.15, 0.2) is 0 Å². The molecule has 0 amide bonds. The summed E-state index contributed by atoms with van der Waals surface area (Å²) in [4.78, 5) is 0. The van der Waals surface area contributed by atoms with Crippen LogP contribution in [0.1, 0.15) is 73.8 Å². The molecule has 2 aliphatic heterocycles. The van der Waals surface area contributed by atoms with Gasteiger partial charge < -0.3 is 14.0 Å². The zero-order chi connectivity index (χ0) is 18.4. The molecule has 0 aliphatic carbocycles. The first-order valence-corrected chi connectivity index (χ1v) is 9.42. The molecule has 1 aromatic carbocycles. The second-order valence-electron chi connectivity index (χ2n) is 7.11. The molecule has 136 valence electrons. The molecule has 4 heteroatoms. The molecule has 0 aromatic heterocycles. The van der Waals surface area contributed by atoms with Gasteiger partial charge in [0.1, 0.15) is 5.75 Å². The molecule has 0 unspecified atom stereocenters. The van der Waals surface area contributed by atoms with Gasteiger partial charge >= 0.3 is 7.12 Å². The molecule has 1 fully saturated rings. The van der Waals surface area contributed by atoms with Gasteiger partial charge in [-0.05, 0) is 57.6 Å². The van der Waals surface area contributed by atoms with Crippen LogP contribution in [0.25, 0.3) is 0 Å². The number of rotatable bonds is 1. The number of benzene rings is 1. The minimum Gasteiger partial charge on any atom is -0.493 e. The highest BCUT2D eigenvalue weighted by Crippen LogP contribution is 2.36. The van der Waals surface area contributed by atoms with E-state index >= 15 is 0 Å². The Bertz CT molecular complexity index is 496. The van der Waals surface area contributed by atoms with E-state index in [0.29, 0.717) is 0 Å². The van der Waals surface area contributed by atoms with Crippen LogP contribution in [-0.4, -0.2) is 24.9 Å². The van der Waals surface area contributed by atoms with Gasteiger partial charge in [-0.3, -0.25) is 0 Å². The molecule has 0 radical (unpaired) electrons. The number of aryl methyl sites for hydroxylation is 1. The lowest BCUT2D eigenvalue weighted by Crippen LogP contribution is -2.41. The molecule has 3 nitrogen and oxygen atoms in total. The fourth-order valence-electron chi connectivity index (χ4n) is 2.51. The van der Waals surface area contributed by atoms with Crippen LogP contribution in [0.15, 0.2) is 18.2 Å². The Morgan fingerprint density at radius 2 is 1.54 bits per heavy atom. The second-order valence-corrected chi connectivity index (χ2v) is 7.11. The lowest BCUT2D eigenvalue weighted by Gasteiger charge is -2.32. The molecule has 0 bridgehead atoms. The predicted octanol–water partition coefficient (Wildman–Crippen LogP) is 4.75. The van der Waals surface area contributed by atoms with E-state index in [-0.39, 0.29) is 18.3 Å². The Hall–Kier alpha value is -0.995. The van der Waals surface area contributed by atoms with Crippen LogP contribution in [0.3, 0.4) is 0 Å². The number of hydrogen-bond donors (Lipinski definition) is 0. The van der Waals surface area contributed by atoms with E-state index in [4.69, 9.17) is 14.0 Å². The van der Waals surface area contributed by atoms with Gasteiger partial charge in [-0.2, -0.15) is 0 Å². The maximum absolute atomic E-state index is 6.08. The van der Waals surface area contributed by atoms with Crippen molar-refractivity contribution in [3.63, 3.8) is 0 Å². The third kappa shape index (κ3) is 4.76. The summed E-state index contributed by atoms with van der Waals surface area (Å²) in [5, 5.41) is 0. The fourth-order valence-corrected chi connectivity index (χ4v) is 2.51. The van der Waals surface area contributed by atoms with Gasteiger partial charge in [0.25, 0.3) is 0 Å². The van der Waals surface area contributed by atoms with Crippen molar-refractivity contribution < 1.29 is 14.0 Å². The van der Waals surface area contributed by atoms with Crippen LogP contribution in [0.2, 0.25) is 0 Å². The highest BCUT2D eigenvalue weighted by atomic mass is 16.7. The zero-order valence-electron chi connectivity index (χ0n) is 16.9. The Balaban J connectivity index is 0.000000521. The first-order valence-electron chi connectivity index (χ1n) is 9.42. The lowest BCUT2D eigenvalue weighted by atomic mass is 9.78. The average Bonchev–Trinajstić information content (AvgIpc) is 2.78. The second kappa shape index (κ2) is 8.91. The normalized spacial score (nSPS) is 19.9. The third-order valence-corrected chi connectivity index (χ3v) is 4.46. The summed E-state index contributed by atoms with van der Waals surface area (Å²) >= 11 is 0. The molecule has 24 heavy (non-hydrogen) atoms. The van der Waals surface area contributed by atoms with Crippen molar-refractivity contribution in [1.82, 2.24) is 0 Å². The van der Waals surface area contributed by atoms with E-state index < -0.39 is 0 Å². The topological polar surface area (TPSA) is 27.7 Å². The first kappa shape index (κ1) is 21.0. The molecule has 2 heterocycles. The molecular weight excluding hydrogens is 299 g/mol. The maximum atomic E-state index is 6.08. The fraction of sp³-hybridized carbons (Fsp3) is 0.700. The standard InChI is InChI=1S/C15H21BO3.C3H8.C2H6/c1-14(2)15(3,4)19-16(18-14)12-7-8-13-11(10-12)6-5-9-17-13;1-3-2;1-2/h7-8,10H,5-6,9H2,1-4H3;3H2,1-2H3;1-2H3. The summed E-state index contributed by atoms with van der Waals surface area (Å²) in [5.41, 5.74) is 1.77. The van der Waals surface area contributed by atoms with Crippen molar-refractivity contribution in [3.8, 4) is 5.75 Å². The van der Waals surface area contributed by atoms with Gasteiger partial charge in [0.2, 0.25) is 0 Å². The Kier molecular flexibility index (Phi) is 7.82. The van der Waals surface area contributed by atoms with E-state index in [1.807, 2.05) is 26.0 Å². The van der Waals surface area contributed by atoms with Crippen LogP contribution in [0.5, 0.6) is 5.75 Å². The summed E-state index contributed by atoms with van der Waals surface area (Å²) in [6, 6.07) is 6.25.